The average Bonchev–Trinajstić information content (AvgIpc) is 2.35. The van der Waals surface area contributed by atoms with Crippen molar-refractivity contribution in [3.8, 4) is 0 Å². The Morgan fingerprint density at radius 3 is 2.50 bits per heavy atom. The van der Waals surface area contributed by atoms with Crippen molar-refractivity contribution >= 4 is 21.7 Å². The van der Waals surface area contributed by atoms with Crippen LogP contribution in [-0.4, -0.2) is 41.7 Å². The number of nitrogens with zero attached hydrogens (tertiary/aromatic N) is 1. The predicted octanol–water partition coefficient (Wildman–Crippen LogP) is -0.293. The van der Waals surface area contributed by atoms with E-state index in [4.69, 9.17) is 5.11 Å². The highest BCUT2D eigenvalue weighted by Gasteiger charge is 2.29. The molecule has 3 N–H and O–H groups in total. The fourth-order valence-corrected chi connectivity index (χ4v) is 2.66. The van der Waals surface area contributed by atoms with Gasteiger partial charge in [-0.15, -0.1) is 0 Å². The quantitative estimate of drug-likeness (QED) is 0.483. The van der Waals surface area contributed by atoms with Gasteiger partial charge in [0.2, 0.25) is 10.0 Å². The fraction of sp³-hybridized carbons (Fsp3) is 0.300. The van der Waals surface area contributed by atoms with Crippen LogP contribution in [0.3, 0.4) is 0 Å². The molecule has 0 fully saturated rings. The SMILES string of the molecule is CC(O)C(NS(=O)(=O)c1cccc([N+](=O)[O-])c1)C(=O)O. The smallest absolute Gasteiger partial charge is 0.324 e. The van der Waals surface area contributed by atoms with Crippen molar-refractivity contribution in [3.05, 3.63) is 34.4 Å². The van der Waals surface area contributed by atoms with E-state index < -0.39 is 43.6 Å². The van der Waals surface area contributed by atoms with Gasteiger partial charge in [0.05, 0.1) is 15.9 Å². The van der Waals surface area contributed by atoms with Gasteiger partial charge in [-0.25, -0.2) is 8.42 Å². The number of aliphatic hydroxyl groups is 1. The van der Waals surface area contributed by atoms with E-state index in [2.05, 4.69) is 0 Å². The summed E-state index contributed by atoms with van der Waals surface area (Å²) in [4.78, 5) is 20.2. The second-order valence-corrected chi connectivity index (χ2v) is 5.65. The lowest BCUT2D eigenvalue weighted by atomic mass is 10.2. The highest BCUT2D eigenvalue weighted by Crippen LogP contribution is 2.17. The molecule has 10 heteroatoms. The van der Waals surface area contributed by atoms with Crippen LogP contribution in [-0.2, 0) is 14.8 Å². The molecule has 0 aliphatic heterocycles. The molecule has 110 valence electrons. The summed E-state index contributed by atoms with van der Waals surface area (Å²) < 4.78 is 25.6. The largest absolute Gasteiger partial charge is 0.480 e. The maximum absolute atomic E-state index is 11.9. The third-order valence-electron chi connectivity index (χ3n) is 2.37. The number of nitrogens with one attached hydrogen (secondary N) is 1. The van der Waals surface area contributed by atoms with Crippen LogP contribution < -0.4 is 4.72 Å². The molecule has 0 aromatic heterocycles. The first-order valence-electron chi connectivity index (χ1n) is 5.33. The Labute approximate surface area is 114 Å². The van der Waals surface area contributed by atoms with Gasteiger partial charge in [-0.05, 0) is 13.0 Å². The van der Waals surface area contributed by atoms with Gasteiger partial charge in [-0.1, -0.05) is 6.07 Å². The van der Waals surface area contributed by atoms with Crippen LogP contribution in [0.4, 0.5) is 5.69 Å². The van der Waals surface area contributed by atoms with Crippen LogP contribution in [0.25, 0.3) is 0 Å². The normalized spacial score (nSPS) is 14.5. The molecule has 0 saturated heterocycles. The number of sulfonamides is 1. The van der Waals surface area contributed by atoms with Gasteiger partial charge in [-0.2, -0.15) is 4.72 Å². The van der Waals surface area contributed by atoms with Crippen LogP contribution >= 0.6 is 0 Å². The standard InChI is InChI=1S/C10H12N2O7S/c1-6(13)9(10(14)15)11-20(18,19)8-4-2-3-7(5-8)12(16)17/h2-6,9,11,13H,1H3,(H,14,15). The van der Waals surface area contributed by atoms with E-state index in [0.29, 0.717) is 0 Å². The van der Waals surface area contributed by atoms with Crippen molar-refractivity contribution in [2.24, 2.45) is 0 Å². The zero-order valence-electron chi connectivity index (χ0n) is 10.3. The number of non-ortho nitro benzene ring substituents is 1. The lowest BCUT2D eigenvalue weighted by Crippen LogP contribution is -2.47. The minimum Gasteiger partial charge on any atom is -0.480 e. The van der Waals surface area contributed by atoms with Gasteiger partial charge in [-0.3, -0.25) is 14.9 Å². The first-order chi connectivity index (χ1) is 9.15. The lowest BCUT2D eigenvalue weighted by molar-refractivity contribution is -0.385. The molecule has 0 aliphatic carbocycles. The molecule has 9 nitrogen and oxygen atoms in total. The zero-order chi connectivity index (χ0) is 15.5. The number of aliphatic carboxylic acids is 1. The van der Waals surface area contributed by atoms with Crippen LogP contribution in [0.5, 0.6) is 0 Å². The van der Waals surface area contributed by atoms with E-state index >= 15 is 0 Å². The van der Waals surface area contributed by atoms with Gasteiger partial charge < -0.3 is 10.2 Å². The molecule has 0 bridgehead atoms. The van der Waals surface area contributed by atoms with E-state index in [-0.39, 0.29) is 0 Å². The predicted molar refractivity (Wildman–Crippen MR) is 66.5 cm³/mol. The van der Waals surface area contributed by atoms with Gasteiger partial charge in [0.25, 0.3) is 5.69 Å². The molecule has 0 heterocycles. The highest BCUT2D eigenvalue weighted by molar-refractivity contribution is 7.89. The molecule has 0 aliphatic rings. The van der Waals surface area contributed by atoms with Gasteiger partial charge in [0.1, 0.15) is 6.04 Å². The summed E-state index contributed by atoms with van der Waals surface area (Å²) in [5, 5.41) is 28.6. The summed E-state index contributed by atoms with van der Waals surface area (Å²) in [6, 6.07) is 2.38. The molecule has 20 heavy (non-hydrogen) atoms. The summed E-state index contributed by atoms with van der Waals surface area (Å²) >= 11 is 0. The summed E-state index contributed by atoms with van der Waals surface area (Å²) in [7, 11) is -4.30. The number of aliphatic hydroxyl groups excluding tert-OH is 1. The van der Waals surface area contributed by atoms with Crippen LogP contribution in [0.15, 0.2) is 29.2 Å². The molecular formula is C10H12N2O7S. The first-order valence-corrected chi connectivity index (χ1v) is 6.81. The van der Waals surface area contributed by atoms with Crippen molar-refractivity contribution < 1.29 is 28.3 Å². The second kappa shape index (κ2) is 5.94. The topological polar surface area (TPSA) is 147 Å². The molecule has 2 atom stereocenters. The number of hydrogen-bond acceptors (Lipinski definition) is 6. The number of nitro groups is 1. The summed E-state index contributed by atoms with van der Waals surface area (Å²) in [6.07, 6.45) is -1.47. The minimum absolute atomic E-state index is 0.447. The molecule has 0 spiro atoms. The Bertz CT molecular complexity index is 626. The van der Waals surface area contributed by atoms with E-state index in [1.165, 1.54) is 0 Å². The molecule has 0 amide bonds. The summed E-state index contributed by atoms with van der Waals surface area (Å²) in [5.41, 5.74) is -0.447. The Hall–Kier alpha value is -2.04. The summed E-state index contributed by atoms with van der Waals surface area (Å²) in [5.74, 6) is -1.56. The van der Waals surface area contributed by atoms with E-state index in [1.54, 1.807) is 4.72 Å². The zero-order valence-corrected chi connectivity index (χ0v) is 11.1. The van der Waals surface area contributed by atoms with E-state index in [1.807, 2.05) is 0 Å². The Balaban J connectivity index is 3.14. The number of benzene rings is 1. The Morgan fingerprint density at radius 1 is 1.45 bits per heavy atom. The van der Waals surface area contributed by atoms with Gasteiger partial charge in [0, 0.05) is 12.1 Å². The first kappa shape index (κ1) is 16.0. The molecule has 0 radical (unpaired) electrons. The number of nitro benzene ring substituents is 1. The fourth-order valence-electron chi connectivity index (χ4n) is 1.35. The van der Waals surface area contributed by atoms with Crippen LogP contribution in [0.2, 0.25) is 0 Å². The molecular weight excluding hydrogens is 292 g/mol. The maximum atomic E-state index is 11.9. The number of carbonyl (C=O) groups is 1. The lowest BCUT2D eigenvalue weighted by Gasteiger charge is -2.17. The van der Waals surface area contributed by atoms with Gasteiger partial charge in [0.15, 0.2) is 0 Å². The van der Waals surface area contributed by atoms with Crippen LogP contribution in [0.1, 0.15) is 6.92 Å². The van der Waals surface area contributed by atoms with E-state index in [0.717, 1.165) is 31.2 Å². The van der Waals surface area contributed by atoms with Crippen LogP contribution in [0, 0.1) is 10.1 Å². The molecule has 0 saturated carbocycles. The van der Waals surface area contributed by atoms with Crippen molar-refractivity contribution in [1.29, 1.82) is 0 Å². The number of carboxylic acid groups (broad SMARTS) is 1. The molecule has 1 aromatic rings. The molecule has 1 rings (SSSR count). The average molecular weight is 304 g/mol. The monoisotopic (exact) mass is 304 g/mol. The second-order valence-electron chi connectivity index (χ2n) is 3.93. The summed E-state index contributed by atoms with van der Waals surface area (Å²) in [6.45, 7) is 1.11. The van der Waals surface area contributed by atoms with E-state index in [9.17, 15) is 28.4 Å². The Kier molecular flexibility index (Phi) is 4.76. The third-order valence-corrected chi connectivity index (χ3v) is 3.81. The van der Waals surface area contributed by atoms with Crippen molar-refractivity contribution in [2.75, 3.05) is 0 Å². The Morgan fingerprint density at radius 2 is 2.05 bits per heavy atom. The molecule has 1 aromatic carbocycles. The van der Waals surface area contributed by atoms with Crippen molar-refractivity contribution in [2.45, 2.75) is 24.0 Å². The highest BCUT2D eigenvalue weighted by atomic mass is 32.2. The maximum Gasteiger partial charge on any atom is 0.324 e. The van der Waals surface area contributed by atoms with Crippen molar-refractivity contribution in [1.82, 2.24) is 4.72 Å². The third kappa shape index (κ3) is 3.73. The minimum atomic E-state index is -4.30. The number of carboxylic acids is 1. The number of rotatable bonds is 6. The van der Waals surface area contributed by atoms with Crippen molar-refractivity contribution in [3.63, 3.8) is 0 Å². The molecule has 2 unspecified atom stereocenters. The van der Waals surface area contributed by atoms with Gasteiger partial charge >= 0.3 is 5.97 Å². The number of hydrogen-bond donors (Lipinski definition) is 3.